The fourth-order valence-corrected chi connectivity index (χ4v) is 3.56. The smallest absolute Gasteiger partial charge is 0.226 e. The zero-order chi connectivity index (χ0) is 23.8. The van der Waals surface area contributed by atoms with Crippen LogP contribution in [0.15, 0.2) is 47.0 Å². The molecule has 8 nitrogen and oxygen atoms in total. The standard InChI is InChI=1S/C25H31N3O5/c1-17(2)28(16-18-10-7-6-8-11-18)23(29)13-9-12-22-26-25(27-33-22)19-14-20(30-3)24(32-5)21(15-19)31-4/h6-8,10-11,14-15,17H,9,12-13,16H2,1-5H3. The van der Waals surface area contributed by atoms with Crippen molar-refractivity contribution in [2.24, 2.45) is 0 Å². The second kappa shape index (κ2) is 11.4. The Kier molecular flexibility index (Phi) is 8.29. The van der Waals surface area contributed by atoms with Gasteiger partial charge in [0.1, 0.15) is 0 Å². The maximum absolute atomic E-state index is 12.8. The van der Waals surface area contributed by atoms with Gasteiger partial charge in [-0.1, -0.05) is 35.5 Å². The normalized spacial score (nSPS) is 10.8. The maximum atomic E-state index is 12.8. The van der Waals surface area contributed by atoms with Gasteiger partial charge in [-0.05, 0) is 38.0 Å². The third-order valence-electron chi connectivity index (χ3n) is 5.31. The fourth-order valence-electron chi connectivity index (χ4n) is 3.56. The van der Waals surface area contributed by atoms with Crippen molar-refractivity contribution >= 4 is 5.91 Å². The van der Waals surface area contributed by atoms with Crippen LogP contribution in [0.3, 0.4) is 0 Å². The first-order valence-corrected chi connectivity index (χ1v) is 10.9. The SMILES string of the molecule is COc1cc(-c2noc(CCCC(=O)N(Cc3ccccc3)C(C)C)n2)cc(OC)c1OC. The van der Waals surface area contributed by atoms with E-state index in [-0.39, 0.29) is 11.9 Å². The Morgan fingerprint density at radius 1 is 1.03 bits per heavy atom. The van der Waals surface area contributed by atoms with Gasteiger partial charge in [0.2, 0.25) is 23.4 Å². The number of ether oxygens (including phenoxy) is 3. The van der Waals surface area contributed by atoms with Crippen LogP contribution in [0.4, 0.5) is 0 Å². The van der Waals surface area contributed by atoms with Crippen LogP contribution in [0.1, 0.15) is 38.1 Å². The zero-order valence-electron chi connectivity index (χ0n) is 19.8. The van der Waals surface area contributed by atoms with Crippen molar-refractivity contribution in [2.75, 3.05) is 21.3 Å². The lowest BCUT2D eigenvalue weighted by Crippen LogP contribution is -2.36. The summed E-state index contributed by atoms with van der Waals surface area (Å²) >= 11 is 0. The van der Waals surface area contributed by atoms with Gasteiger partial charge in [0, 0.05) is 31.0 Å². The van der Waals surface area contributed by atoms with Crippen LogP contribution in [0.25, 0.3) is 11.4 Å². The maximum Gasteiger partial charge on any atom is 0.226 e. The third kappa shape index (κ3) is 6.03. The van der Waals surface area contributed by atoms with Crippen LogP contribution in [0.5, 0.6) is 17.2 Å². The van der Waals surface area contributed by atoms with Gasteiger partial charge in [-0.2, -0.15) is 4.98 Å². The summed E-state index contributed by atoms with van der Waals surface area (Å²) in [4.78, 5) is 19.2. The zero-order valence-corrected chi connectivity index (χ0v) is 19.8. The van der Waals surface area contributed by atoms with Gasteiger partial charge in [0.05, 0.1) is 21.3 Å². The lowest BCUT2D eigenvalue weighted by atomic mass is 10.1. The topological polar surface area (TPSA) is 86.9 Å². The van der Waals surface area contributed by atoms with E-state index < -0.39 is 0 Å². The van der Waals surface area contributed by atoms with Gasteiger partial charge in [0.15, 0.2) is 11.5 Å². The summed E-state index contributed by atoms with van der Waals surface area (Å²) in [7, 11) is 4.66. The molecule has 0 aliphatic rings. The summed E-state index contributed by atoms with van der Waals surface area (Å²) in [5.41, 5.74) is 1.80. The van der Waals surface area contributed by atoms with E-state index in [4.69, 9.17) is 18.7 Å². The molecule has 8 heteroatoms. The molecule has 1 amide bonds. The highest BCUT2D eigenvalue weighted by Gasteiger charge is 2.19. The molecule has 0 saturated heterocycles. The van der Waals surface area contributed by atoms with E-state index >= 15 is 0 Å². The highest BCUT2D eigenvalue weighted by Crippen LogP contribution is 2.40. The minimum Gasteiger partial charge on any atom is -0.493 e. The first-order valence-electron chi connectivity index (χ1n) is 10.9. The first-order chi connectivity index (χ1) is 16.0. The van der Waals surface area contributed by atoms with E-state index in [1.54, 1.807) is 33.5 Å². The highest BCUT2D eigenvalue weighted by atomic mass is 16.5. The van der Waals surface area contributed by atoms with E-state index in [0.717, 1.165) is 5.56 Å². The molecule has 176 valence electrons. The van der Waals surface area contributed by atoms with Crippen LogP contribution < -0.4 is 14.2 Å². The Morgan fingerprint density at radius 3 is 2.27 bits per heavy atom. The molecule has 3 aromatic rings. The van der Waals surface area contributed by atoms with E-state index in [2.05, 4.69) is 10.1 Å². The largest absolute Gasteiger partial charge is 0.493 e. The van der Waals surface area contributed by atoms with Crippen LogP contribution in [0, 0.1) is 0 Å². The number of nitrogens with zero attached hydrogens (tertiary/aromatic N) is 3. The lowest BCUT2D eigenvalue weighted by molar-refractivity contribution is -0.133. The summed E-state index contributed by atoms with van der Waals surface area (Å²) < 4.78 is 21.5. The molecule has 0 radical (unpaired) electrons. The number of aromatic nitrogens is 2. The van der Waals surface area contributed by atoms with Crippen LogP contribution in [-0.2, 0) is 17.8 Å². The predicted octanol–water partition coefficient (Wildman–Crippen LogP) is 4.52. The van der Waals surface area contributed by atoms with E-state index in [1.807, 2.05) is 49.1 Å². The van der Waals surface area contributed by atoms with Crippen molar-refractivity contribution in [3.63, 3.8) is 0 Å². The quantitative estimate of drug-likeness (QED) is 0.422. The van der Waals surface area contributed by atoms with Crippen LogP contribution >= 0.6 is 0 Å². The molecule has 0 saturated carbocycles. The monoisotopic (exact) mass is 453 g/mol. The number of benzene rings is 2. The molecular formula is C25H31N3O5. The van der Waals surface area contributed by atoms with Gasteiger partial charge < -0.3 is 23.6 Å². The molecule has 0 N–H and O–H groups in total. The van der Waals surface area contributed by atoms with Gasteiger partial charge in [-0.15, -0.1) is 0 Å². The number of carbonyl (C=O) groups excluding carboxylic acids is 1. The molecule has 0 aliphatic carbocycles. The number of hydrogen-bond donors (Lipinski definition) is 0. The predicted molar refractivity (Wildman–Crippen MR) is 124 cm³/mol. The van der Waals surface area contributed by atoms with E-state index in [0.29, 0.717) is 60.3 Å². The molecular weight excluding hydrogens is 422 g/mol. The minimum atomic E-state index is 0.109. The van der Waals surface area contributed by atoms with Gasteiger partial charge in [-0.25, -0.2) is 0 Å². The Morgan fingerprint density at radius 2 is 1.70 bits per heavy atom. The minimum absolute atomic E-state index is 0.109. The Hall–Kier alpha value is -3.55. The van der Waals surface area contributed by atoms with E-state index in [1.165, 1.54) is 0 Å². The number of methoxy groups -OCH3 is 3. The van der Waals surface area contributed by atoms with Gasteiger partial charge in [-0.3, -0.25) is 4.79 Å². The third-order valence-corrected chi connectivity index (χ3v) is 5.31. The van der Waals surface area contributed by atoms with Crippen molar-refractivity contribution in [2.45, 2.75) is 45.7 Å². The van der Waals surface area contributed by atoms with Crippen molar-refractivity contribution in [1.82, 2.24) is 15.0 Å². The summed E-state index contributed by atoms with van der Waals surface area (Å²) in [6.07, 6.45) is 1.54. The summed E-state index contributed by atoms with van der Waals surface area (Å²) in [5, 5.41) is 4.08. The molecule has 2 aromatic carbocycles. The summed E-state index contributed by atoms with van der Waals surface area (Å²) in [6.45, 7) is 4.66. The van der Waals surface area contributed by atoms with Crippen molar-refractivity contribution in [1.29, 1.82) is 0 Å². The van der Waals surface area contributed by atoms with Gasteiger partial charge in [0.25, 0.3) is 0 Å². The van der Waals surface area contributed by atoms with E-state index in [9.17, 15) is 4.79 Å². The molecule has 0 atom stereocenters. The van der Waals surface area contributed by atoms with Crippen molar-refractivity contribution in [3.05, 3.63) is 53.9 Å². The molecule has 33 heavy (non-hydrogen) atoms. The molecule has 0 spiro atoms. The summed E-state index contributed by atoms with van der Waals surface area (Å²) in [6, 6.07) is 13.7. The molecule has 1 aromatic heterocycles. The number of rotatable bonds is 11. The Labute approximate surface area is 194 Å². The number of carbonyl (C=O) groups is 1. The molecule has 1 heterocycles. The Bertz CT molecular complexity index is 1020. The Balaban J connectivity index is 1.62. The highest BCUT2D eigenvalue weighted by molar-refractivity contribution is 5.76. The second-order valence-corrected chi connectivity index (χ2v) is 7.88. The second-order valence-electron chi connectivity index (χ2n) is 7.88. The van der Waals surface area contributed by atoms with Crippen LogP contribution in [0.2, 0.25) is 0 Å². The molecule has 0 aliphatic heterocycles. The molecule has 0 fully saturated rings. The fraction of sp³-hybridized carbons (Fsp3) is 0.400. The number of aryl methyl sites for hydroxylation is 1. The number of hydrogen-bond acceptors (Lipinski definition) is 7. The number of amides is 1. The average molecular weight is 454 g/mol. The summed E-state index contributed by atoms with van der Waals surface area (Å²) in [5.74, 6) is 2.52. The molecule has 0 bridgehead atoms. The van der Waals surface area contributed by atoms with Crippen LogP contribution in [-0.4, -0.2) is 48.3 Å². The van der Waals surface area contributed by atoms with Crippen molar-refractivity contribution < 1.29 is 23.5 Å². The lowest BCUT2D eigenvalue weighted by Gasteiger charge is -2.27. The first kappa shape index (κ1) is 24.1. The average Bonchev–Trinajstić information content (AvgIpc) is 3.30. The molecule has 3 rings (SSSR count). The van der Waals surface area contributed by atoms with Crippen molar-refractivity contribution in [3.8, 4) is 28.6 Å². The molecule has 0 unspecified atom stereocenters. The van der Waals surface area contributed by atoms with Gasteiger partial charge >= 0.3 is 0 Å².